The quantitative estimate of drug-likeness (QED) is 0.863. The molecular weight excluding hydrogens is 224 g/mol. The topological polar surface area (TPSA) is 46.3 Å². The van der Waals surface area contributed by atoms with Crippen LogP contribution in [-0.4, -0.2) is 30.4 Å². The highest BCUT2D eigenvalue weighted by molar-refractivity contribution is 5.78. The maximum Gasteiger partial charge on any atom is 0.222 e. The minimum Gasteiger partial charge on any atom is -0.342 e. The molecule has 2 unspecified atom stereocenters. The normalized spacial score (nSPS) is 21.3. The Hall–Kier alpha value is -1.35. The van der Waals surface area contributed by atoms with Crippen molar-refractivity contribution in [3.8, 4) is 0 Å². The third-order valence-electron chi connectivity index (χ3n) is 3.83. The second-order valence-electron chi connectivity index (χ2n) is 5.25. The van der Waals surface area contributed by atoms with Gasteiger partial charge in [-0.05, 0) is 30.4 Å². The van der Waals surface area contributed by atoms with Gasteiger partial charge in [-0.3, -0.25) is 4.79 Å². The van der Waals surface area contributed by atoms with E-state index in [9.17, 15) is 4.79 Å². The number of hydrogen-bond acceptors (Lipinski definition) is 2. The molecule has 1 aliphatic rings. The largest absolute Gasteiger partial charge is 0.342 e. The van der Waals surface area contributed by atoms with Crippen LogP contribution in [0.1, 0.15) is 31.2 Å². The summed E-state index contributed by atoms with van der Waals surface area (Å²) in [6.07, 6.45) is 1.66. The van der Waals surface area contributed by atoms with E-state index in [-0.39, 0.29) is 5.91 Å². The first kappa shape index (κ1) is 13.1. The van der Waals surface area contributed by atoms with Gasteiger partial charge in [0.15, 0.2) is 0 Å². The van der Waals surface area contributed by atoms with Crippen LogP contribution >= 0.6 is 0 Å². The molecule has 2 rings (SSSR count). The summed E-state index contributed by atoms with van der Waals surface area (Å²) >= 11 is 0. The van der Waals surface area contributed by atoms with Crippen molar-refractivity contribution in [2.75, 3.05) is 19.6 Å². The van der Waals surface area contributed by atoms with Crippen LogP contribution in [0.3, 0.4) is 0 Å². The number of amides is 1. The Balaban J connectivity index is 1.83. The molecule has 0 aliphatic carbocycles. The van der Waals surface area contributed by atoms with Crippen LogP contribution in [0, 0.1) is 5.92 Å². The van der Waals surface area contributed by atoms with Gasteiger partial charge in [0.25, 0.3) is 0 Å². The summed E-state index contributed by atoms with van der Waals surface area (Å²) in [5.41, 5.74) is 6.97. The van der Waals surface area contributed by atoms with E-state index >= 15 is 0 Å². The maximum atomic E-state index is 11.8. The molecule has 1 fully saturated rings. The van der Waals surface area contributed by atoms with Crippen molar-refractivity contribution >= 4 is 5.91 Å². The Labute approximate surface area is 109 Å². The first-order valence-corrected chi connectivity index (χ1v) is 6.73. The predicted molar refractivity (Wildman–Crippen MR) is 73.2 cm³/mol. The van der Waals surface area contributed by atoms with E-state index in [2.05, 4.69) is 31.2 Å². The number of nitrogens with two attached hydrogens (primary N) is 1. The van der Waals surface area contributed by atoms with Crippen LogP contribution in [0.2, 0.25) is 0 Å². The van der Waals surface area contributed by atoms with E-state index in [0.29, 0.717) is 24.8 Å². The fourth-order valence-corrected chi connectivity index (χ4v) is 2.53. The highest BCUT2D eigenvalue weighted by Gasteiger charge is 2.28. The summed E-state index contributed by atoms with van der Waals surface area (Å²) in [6.45, 7) is 4.54. The molecule has 98 valence electrons. The minimum atomic E-state index is 0.269. The summed E-state index contributed by atoms with van der Waals surface area (Å²) in [5.74, 6) is 1.13. The summed E-state index contributed by atoms with van der Waals surface area (Å²) in [6, 6.07) is 10.5. The van der Waals surface area contributed by atoms with E-state index in [1.54, 1.807) is 0 Å². The lowest BCUT2D eigenvalue weighted by molar-refractivity contribution is -0.127. The molecule has 3 nitrogen and oxygen atoms in total. The van der Waals surface area contributed by atoms with Gasteiger partial charge in [-0.1, -0.05) is 37.3 Å². The molecule has 1 aromatic carbocycles. The number of nitrogens with zero attached hydrogens (tertiary/aromatic N) is 1. The third kappa shape index (κ3) is 3.10. The average Bonchev–Trinajstić information content (AvgIpc) is 2.77. The van der Waals surface area contributed by atoms with Crippen molar-refractivity contribution in [1.82, 2.24) is 4.90 Å². The number of hydrogen-bond donors (Lipinski definition) is 1. The van der Waals surface area contributed by atoms with Crippen molar-refractivity contribution in [2.24, 2.45) is 11.7 Å². The zero-order chi connectivity index (χ0) is 13.0. The number of likely N-dealkylation sites (tertiary alicyclic amines) is 1. The van der Waals surface area contributed by atoms with Crippen molar-refractivity contribution in [3.63, 3.8) is 0 Å². The molecule has 1 aromatic rings. The summed E-state index contributed by atoms with van der Waals surface area (Å²) in [7, 11) is 0. The van der Waals surface area contributed by atoms with E-state index in [1.807, 2.05) is 11.0 Å². The predicted octanol–water partition coefficient (Wildman–Crippen LogP) is 1.99. The first-order chi connectivity index (χ1) is 8.70. The highest BCUT2D eigenvalue weighted by atomic mass is 16.2. The summed E-state index contributed by atoms with van der Waals surface area (Å²) in [4.78, 5) is 13.7. The molecule has 0 saturated carbocycles. The number of benzene rings is 1. The van der Waals surface area contributed by atoms with Crippen LogP contribution < -0.4 is 5.73 Å². The molecule has 0 aromatic heterocycles. The van der Waals surface area contributed by atoms with Gasteiger partial charge in [0, 0.05) is 19.5 Å². The van der Waals surface area contributed by atoms with Gasteiger partial charge >= 0.3 is 0 Å². The molecule has 1 aliphatic heterocycles. The van der Waals surface area contributed by atoms with Crippen LogP contribution in [0.25, 0.3) is 0 Å². The smallest absolute Gasteiger partial charge is 0.222 e. The second-order valence-corrected chi connectivity index (χ2v) is 5.25. The Kier molecular flexibility index (Phi) is 4.37. The van der Waals surface area contributed by atoms with E-state index in [0.717, 1.165) is 19.5 Å². The molecule has 2 N–H and O–H groups in total. The lowest BCUT2D eigenvalue weighted by atomic mass is 9.98. The van der Waals surface area contributed by atoms with Gasteiger partial charge in [-0.2, -0.15) is 0 Å². The maximum absolute atomic E-state index is 11.8. The molecule has 2 atom stereocenters. The van der Waals surface area contributed by atoms with Crippen molar-refractivity contribution in [2.45, 2.75) is 25.7 Å². The van der Waals surface area contributed by atoms with Gasteiger partial charge in [0.2, 0.25) is 5.91 Å². The number of rotatable bonds is 5. The van der Waals surface area contributed by atoms with Crippen LogP contribution in [0.5, 0.6) is 0 Å². The van der Waals surface area contributed by atoms with Gasteiger partial charge in [-0.15, -0.1) is 0 Å². The molecule has 1 saturated heterocycles. The van der Waals surface area contributed by atoms with Crippen molar-refractivity contribution in [1.29, 1.82) is 0 Å². The number of carbonyl (C=O) groups excluding carboxylic acids is 1. The first-order valence-electron chi connectivity index (χ1n) is 6.73. The molecule has 3 heteroatoms. The molecule has 0 radical (unpaired) electrons. The molecule has 1 heterocycles. The zero-order valence-corrected chi connectivity index (χ0v) is 11.0. The van der Waals surface area contributed by atoms with Gasteiger partial charge in [-0.25, -0.2) is 0 Å². The Morgan fingerprint density at radius 1 is 1.39 bits per heavy atom. The second kappa shape index (κ2) is 6.01. The Morgan fingerprint density at radius 2 is 2.11 bits per heavy atom. The van der Waals surface area contributed by atoms with Gasteiger partial charge < -0.3 is 10.6 Å². The summed E-state index contributed by atoms with van der Waals surface area (Å²) < 4.78 is 0. The molecule has 0 spiro atoms. The van der Waals surface area contributed by atoms with E-state index < -0.39 is 0 Å². The zero-order valence-electron chi connectivity index (χ0n) is 11.0. The standard InChI is InChI=1S/C15H22N2O/c1-12(14-5-3-2-4-6-14)7-8-17-11-13(10-16)9-15(17)18/h2-6,12-13H,7-11,16H2,1H3. The van der Waals surface area contributed by atoms with E-state index in [4.69, 9.17) is 5.73 Å². The number of carbonyl (C=O) groups is 1. The van der Waals surface area contributed by atoms with Crippen LogP contribution in [0.4, 0.5) is 0 Å². The Bertz CT molecular complexity index is 391. The fraction of sp³-hybridized carbons (Fsp3) is 0.533. The van der Waals surface area contributed by atoms with Gasteiger partial charge in [0.1, 0.15) is 0 Å². The molecule has 0 bridgehead atoms. The molecular formula is C15H22N2O. The van der Waals surface area contributed by atoms with Crippen LogP contribution in [0.15, 0.2) is 30.3 Å². The molecule has 1 amide bonds. The van der Waals surface area contributed by atoms with Crippen molar-refractivity contribution in [3.05, 3.63) is 35.9 Å². The third-order valence-corrected chi connectivity index (χ3v) is 3.83. The van der Waals surface area contributed by atoms with Crippen molar-refractivity contribution < 1.29 is 4.79 Å². The lowest BCUT2D eigenvalue weighted by Crippen LogP contribution is -2.28. The van der Waals surface area contributed by atoms with E-state index in [1.165, 1.54) is 5.56 Å². The molecule has 18 heavy (non-hydrogen) atoms. The fourth-order valence-electron chi connectivity index (χ4n) is 2.53. The Morgan fingerprint density at radius 3 is 2.72 bits per heavy atom. The summed E-state index contributed by atoms with van der Waals surface area (Å²) in [5, 5.41) is 0. The van der Waals surface area contributed by atoms with Gasteiger partial charge in [0.05, 0.1) is 0 Å². The average molecular weight is 246 g/mol. The monoisotopic (exact) mass is 246 g/mol. The lowest BCUT2D eigenvalue weighted by Gasteiger charge is -2.19. The minimum absolute atomic E-state index is 0.269. The SMILES string of the molecule is CC(CCN1CC(CN)CC1=O)c1ccccc1. The van der Waals surface area contributed by atoms with Crippen LogP contribution in [-0.2, 0) is 4.79 Å². The highest BCUT2D eigenvalue weighted by Crippen LogP contribution is 2.22.